The smallest absolute Gasteiger partial charge is 0.246 e. The number of hydrazone groups is 1. The van der Waals surface area contributed by atoms with Gasteiger partial charge in [-0.05, 0) is 60.4 Å². The van der Waals surface area contributed by atoms with E-state index < -0.39 is 17.7 Å². The van der Waals surface area contributed by atoms with Gasteiger partial charge in [-0.25, -0.2) is 13.8 Å². The van der Waals surface area contributed by atoms with Crippen molar-refractivity contribution in [2.45, 2.75) is 38.3 Å². The lowest BCUT2D eigenvalue weighted by Gasteiger charge is -2.38. The number of fused-ring (bicyclic) bond motifs is 2. The van der Waals surface area contributed by atoms with Crippen molar-refractivity contribution >= 4 is 34.6 Å². The molecule has 1 amide bonds. The van der Waals surface area contributed by atoms with E-state index in [9.17, 15) is 13.6 Å². The van der Waals surface area contributed by atoms with Gasteiger partial charge in [-0.3, -0.25) is 9.48 Å². The van der Waals surface area contributed by atoms with Gasteiger partial charge < -0.3 is 0 Å². The maximum absolute atomic E-state index is 13.7. The molecule has 164 valence electrons. The van der Waals surface area contributed by atoms with Crippen molar-refractivity contribution in [3.63, 3.8) is 0 Å². The van der Waals surface area contributed by atoms with Gasteiger partial charge >= 0.3 is 0 Å². The molecule has 3 fully saturated rings. The average Bonchev–Trinajstić information content (AvgIpc) is 3.49. The first kappa shape index (κ1) is 19.9. The maximum atomic E-state index is 13.7. The molecule has 3 aliphatic carbocycles. The molecule has 1 aliphatic heterocycles. The van der Waals surface area contributed by atoms with Gasteiger partial charge in [0.05, 0.1) is 11.6 Å². The van der Waals surface area contributed by atoms with Crippen molar-refractivity contribution in [2.24, 2.45) is 22.4 Å². The summed E-state index contributed by atoms with van der Waals surface area (Å²) in [7, 11) is 0. The summed E-state index contributed by atoms with van der Waals surface area (Å²) >= 11 is 6.32. The summed E-state index contributed by atoms with van der Waals surface area (Å²) in [6, 6.07) is 10.8. The number of hydrogen-bond donors (Lipinski definition) is 0. The molecule has 0 spiro atoms. The molecular weight excluding hydrogens is 434 g/mol. The van der Waals surface area contributed by atoms with Crippen LogP contribution >= 0.6 is 11.6 Å². The zero-order chi connectivity index (χ0) is 22.0. The zero-order valence-electron chi connectivity index (χ0n) is 17.2. The van der Waals surface area contributed by atoms with Crippen LogP contribution in [-0.4, -0.2) is 26.9 Å². The van der Waals surface area contributed by atoms with Crippen LogP contribution in [0, 0.1) is 28.9 Å². The second-order valence-corrected chi connectivity index (χ2v) is 9.74. The molecule has 2 aromatic carbocycles. The third kappa shape index (κ3) is 3.05. The number of hydrogen-bond acceptors (Lipinski definition) is 3. The van der Waals surface area contributed by atoms with E-state index >= 15 is 0 Å². The average molecular weight is 455 g/mol. The highest BCUT2D eigenvalue weighted by Gasteiger charge is 2.59. The minimum atomic E-state index is -0.647. The highest BCUT2D eigenvalue weighted by Crippen LogP contribution is 2.63. The van der Waals surface area contributed by atoms with Crippen LogP contribution in [0.2, 0.25) is 5.15 Å². The SMILES string of the molecule is O=C([C@H]1CC2(Cn3nc(Cl)c4ccccc43)CC1C2)N1N=CCC1c1cc(F)cc(F)c1. The van der Waals surface area contributed by atoms with E-state index in [0.29, 0.717) is 23.1 Å². The highest BCUT2D eigenvalue weighted by molar-refractivity contribution is 6.34. The Kier molecular flexibility index (Phi) is 4.41. The van der Waals surface area contributed by atoms with E-state index in [0.717, 1.165) is 42.8 Å². The van der Waals surface area contributed by atoms with Crippen molar-refractivity contribution in [1.29, 1.82) is 0 Å². The number of amides is 1. The second-order valence-electron chi connectivity index (χ2n) is 9.38. The first-order chi connectivity index (χ1) is 15.4. The first-order valence-corrected chi connectivity index (χ1v) is 11.2. The Morgan fingerprint density at radius 1 is 1.12 bits per heavy atom. The van der Waals surface area contributed by atoms with Crippen molar-refractivity contribution in [1.82, 2.24) is 14.8 Å². The van der Waals surface area contributed by atoms with Crippen molar-refractivity contribution in [2.75, 3.05) is 0 Å². The number of carbonyl (C=O) groups is 1. The number of nitrogens with zero attached hydrogens (tertiary/aromatic N) is 4. The second kappa shape index (κ2) is 7.10. The van der Waals surface area contributed by atoms with Crippen LogP contribution in [0.5, 0.6) is 0 Å². The predicted molar refractivity (Wildman–Crippen MR) is 117 cm³/mol. The summed E-state index contributed by atoms with van der Waals surface area (Å²) in [4.78, 5) is 13.4. The van der Waals surface area contributed by atoms with Crippen molar-refractivity contribution < 1.29 is 13.6 Å². The third-order valence-corrected chi connectivity index (χ3v) is 7.63. The molecular formula is C24H21ClF2N4O. The van der Waals surface area contributed by atoms with Crippen LogP contribution in [0.15, 0.2) is 47.6 Å². The summed E-state index contributed by atoms with van der Waals surface area (Å²) in [5, 5.41) is 11.7. The number of rotatable bonds is 4. The molecule has 4 aliphatic rings. The van der Waals surface area contributed by atoms with E-state index in [1.54, 1.807) is 6.21 Å². The predicted octanol–water partition coefficient (Wildman–Crippen LogP) is 5.34. The third-order valence-electron chi connectivity index (χ3n) is 7.35. The van der Waals surface area contributed by atoms with Gasteiger partial charge in [-0.1, -0.05) is 23.7 Å². The molecule has 3 aromatic rings. The number of carbonyl (C=O) groups excluding carboxylic acids is 1. The quantitative estimate of drug-likeness (QED) is 0.534. The lowest BCUT2D eigenvalue weighted by Crippen LogP contribution is -2.35. The molecule has 8 heteroatoms. The lowest BCUT2D eigenvalue weighted by atomic mass is 9.69. The van der Waals surface area contributed by atoms with Gasteiger partial charge in [0, 0.05) is 36.6 Å². The largest absolute Gasteiger partial charge is 0.273 e. The molecule has 7 rings (SSSR count). The fourth-order valence-corrected chi connectivity index (χ4v) is 6.24. The fraction of sp³-hybridized carbons (Fsp3) is 0.375. The van der Waals surface area contributed by atoms with E-state index in [1.165, 1.54) is 17.1 Å². The van der Waals surface area contributed by atoms with Gasteiger partial charge in [0.25, 0.3) is 0 Å². The van der Waals surface area contributed by atoms with Crippen LogP contribution in [0.25, 0.3) is 10.9 Å². The normalized spacial score (nSPS) is 28.5. The number of benzene rings is 2. The Hall–Kier alpha value is -2.80. The number of aromatic nitrogens is 2. The molecule has 32 heavy (non-hydrogen) atoms. The summed E-state index contributed by atoms with van der Waals surface area (Å²) < 4.78 is 29.5. The molecule has 2 bridgehead atoms. The minimum absolute atomic E-state index is 0.0208. The molecule has 0 saturated heterocycles. The van der Waals surface area contributed by atoms with Crippen LogP contribution in [0.3, 0.4) is 0 Å². The molecule has 1 unspecified atom stereocenters. The topological polar surface area (TPSA) is 50.5 Å². The molecule has 1 aromatic heterocycles. The van der Waals surface area contributed by atoms with Gasteiger partial charge in [0.15, 0.2) is 5.15 Å². The molecule has 5 nitrogen and oxygen atoms in total. The van der Waals surface area contributed by atoms with E-state index in [-0.39, 0.29) is 17.2 Å². The fourth-order valence-electron chi connectivity index (χ4n) is 5.99. The van der Waals surface area contributed by atoms with Crippen molar-refractivity contribution in [3.05, 3.63) is 64.8 Å². The van der Waals surface area contributed by atoms with Gasteiger partial charge in [0.1, 0.15) is 11.6 Å². The zero-order valence-corrected chi connectivity index (χ0v) is 18.0. The monoisotopic (exact) mass is 454 g/mol. The Morgan fingerprint density at radius 3 is 2.66 bits per heavy atom. The first-order valence-electron chi connectivity index (χ1n) is 10.9. The Morgan fingerprint density at radius 2 is 1.88 bits per heavy atom. The molecule has 3 saturated carbocycles. The van der Waals surface area contributed by atoms with Gasteiger partial charge in [-0.15, -0.1) is 0 Å². The molecule has 2 heterocycles. The molecule has 0 radical (unpaired) electrons. The van der Waals surface area contributed by atoms with E-state index in [1.807, 2.05) is 28.9 Å². The Bertz CT molecular complexity index is 1250. The summed E-state index contributed by atoms with van der Waals surface area (Å²) in [6.45, 7) is 0.725. The number of halogens is 3. The van der Waals surface area contributed by atoms with Gasteiger partial charge in [0.2, 0.25) is 5.91 Å². The summed E-state index contributed by atoms with van der Waals surface area (Å²) in [5.41, 5.74) is 1.46. The Balaban J connectivity index is 1.21. The lowest BCUT2D eigenvalue weighted by molar-refractivity contribution is -0.138. The van der Waals surface area contributed by atoms with E-state index in [2.05, 4.69) is 10.2 Å². The Labute approximate surface area is 188 Å². The van der Waals surface area contributed by atoms with Crippen LogP contribution in [0.4, 0.5) is 8.78 Å². The van der Waals surface area contributed by atoms with Crippen molar-refractivity contribution in [3.8, 4) is 0 Å². The number of para-hydroxylation sites is 1. The standard InChI is InChI=1S/C24H21ClF2N4O/c25-22-18-3-1-2-4-21(18)30(29-22)13-24-10-15(11-24)19(12-24)23(32)31-20(5-6-28-31)14-7-16(26)9-17(27)8-14/h1-4,6-9,15,19-20H,5,10-13H2/t15?,19-,20?,24?/m0/s1. The molecule has 0 N–H and O–H groups in total. The summed E-state index contributed by atoms with van der Waals surface area (Å²) in [5.74, 6) is -1.18. The molecule has 2 atom stereocenters. The summed E-state index contributed by atoms with van der Waals surface area (Å²) in [6.07, 6.45) is 4.80. The maximum Gasteiger partial charge on any atom is 0.246 e. The minimum Gasteiger partial charge on any atom is -0.273 e. The van der Waals surface area contributed by atoms with Crippen LogP contribution in [0.1, 0.15) is 37.3 Å². The highest BCUT2D eigenvalue weighted by atomic mass is 35.5. The van der Waals surface area contributed by atoms with Gasteiger partial charge in [-0.2, -0.15) is 10.2 Å². The van der Waals surface area contributed by atoms with E-state index in [4.69, 9.17) is 11.6 Å². The van der Waals surface area contributed by atoms with Crippen LogP contribution < -0.4 is 0 Å². The van der Waals surface area contributed by atoms with Crippen LogP contribution in [-0.2, 0) is 11.3 Å².